The third-order valence-electron chi connectivity index (χ3n) is 3.39. The molecule has 0 saturated carbocycles. The molecule has 0 aliphatic rings. The zero-order valence-electron chi connectivity index (χ0n) is 15.6. The number of benzene rings is 1. The van der Waals surface area contributed by atoms with Gasteiger partial charge in [0.05, 0.1) is 17.1 Å². The zero-order valence-corrected chi connectivity index (χ0v) is 16.4. The van der Waals surface area contributed by atoms with Crippen molar-refractivity contribution in [2.75, 3.05) is 43.3 Å². The number of aromatic nitrogens is 3. The molecule has 0 aliphatic carbocycles. The highest BCUT2D eigenvalue weighted by Gasteiger charge is 2.33. The van der Waals surface area contributed by atoms with Gasteiger partial charge in [-0.2, -0.15) is 28.1 Å². The van der Waals surface area contributed by atoms with E-state index in [1.807, 2.05) is 0 Å². The molecule has 2 rings (SSSR count). The van der Waals surface area contributed by atoms with Crippen LogP contribution in [0.5, 0.6) is 0 Å². The first-order valence-electron chi connectivity index (χ1n) is 7.98. The van der Waals surface area contributed by atoms with Gasteiger partial charge in [-0.15, -0.1) is 0 Å². The number of nitrogens with zero attached hydrogens (tertiary/aromatic N) is 5. The van der Waals surface area contributed by atoms with Crippen molar-refractivity contribution in [1.82, 2.24) is 20.3 Å². The molecule has 0 unspecified atom stereocenters. The highest BCUT2D eigenvalue weighted by atomic mass is 35.5. The molecule has 0 aliphatic heterocycles. The average Bonchev–Trinajstić information content (AvgIpc) is 2.60. The molecule has 0 spiro atoms. The molecule has 0 fully saturated rings. The van der Waals surface area contributed by atoms with E-state index in [2.05, 4.69) is 25.6 Å². The van der Waals surface area contributed by atoms with Gasteiger partial charge in [0.25, 0.3) is 0 Å². The first-order chi connectivity index (χ1) is 13.0. The van der Waals surface area contributed by atoms with Crippen LogP contribution >= 0.6 is 11.6 Å². The number of urea groups is 1. The molecule has 8 nitrogen and oxygen atoms in total. The number of hydrogen-bond donors (Lipinski definition) is 2. The van der Waals surface area contributed by atoms with E-state index in [0.29, 0.717) is 17.7 Å². The average molecular weight is 418 g/mol. The van der Waals surface area contributed by atoms with Gasteiger partial charge in [-0.3, -0.25) is 0 Å². The minimum atomic E-state index is -4.62. The number of nitrogens with one attached hydrogen (secondary N) is 2. The van der Waals surface area contributed by atoms with Crippen LogP contribution in [0.2, 0.25) is 5.02 Å². The highest BCUT2D eigenvalue weighted by Crippen LogP contribution is 2.36. The van der Waals surface area contributed by atoms with Gasteiger partial charge in [0.15, 0.2) is 5.82 Å². The first-order valence-corrected chi connectivity index (χ1v) is 8.36. The van der Waals surface area contributed by atoms with Gasteiger partial charge in [-0.25, -0.2) is 4.79 Å². The summed E-state index contributed by atoms with van der Waals surface area (Å²) < 4.78 is 38.7. The van der Waals surface area contributed by atoms with Crippen LogP contribution in [-0.2, 0) is 12.7 Å². The minimum Gasteiger partial charge on any atom is -0.347 e. The molecule has 1 aromatic heterocycles. The van der Waals surface area contributed by atoms with Crippen LogP contribution in [0.25, 0.3) is 0 Å². The van der Waals surface area contributed by atoms with Crippen LogP contribution in [0.4, 0.5) is 35.5 Å². The van der Waals surface area contributed by atoms with E-state index in [1.54, 1.807) is 38.0 Å². The van der Waals surface area contributed by atoms with Gasteiger partial charge in [0.1, 0.15) is 0 Å². The largest absolute Gasteiger partial charge is 0.417 e. The summed E-state index contributed by atoms with van der Waals surface area (Å²) in [6.07, 6.45) is -4.62. The second-order valence-electron chi connectivity index (χ2n) is 6.14. The predicted molar refractivity (Wildman–Crippen MR) is 101 cm³/mol. The molecule has 0 atom stereocenters. The highest BCUT2D eigenvalue weighted by molar-refractivity contribution is 6.31. The lowest BCUT2D eigenvalue weighted by Gasteiger charge is -2.16. The molecule has 0 saturated heterocycles. The molecular formula is C16H19ClF3N7O. The van der Waals surface area contributed by atoms with Crippen molar-refractivity contribution in [3.05, 3.63) is 34.6 Å². The van der Waals surface area contributed by atoms with Gasteiger partial charge >= 0.3 is 12.2 Å². The van der Waals surface area contributed by atoms with E-state index >= 15 is 0 Å². The summed E-state index contributed by atoms with van der Waals surface area (Å²) in [4.78, 5) is 28.1. The molecule has 28 heavy (non-hydrogen) atoms. The standard InChI is InChI=1S/C16H19ClF3N7O/c1-26(2)13-23-12(24-14(25-13)27(3)4)8-21-15(28)22-9-5-6-11(17)10(7-9)16(18,19)20/h5-7H,8H2,1-4H3,(H2,21,22,28). The van der Waals surface area contributed by atoms with Gasteiger partial charge in [-0.1, -0.05) is 11.6 Å². The number of alkyl halides is 3. The topological polar surface area (TPSA) is 86.3 Å². The van der Waals surface area contributed by atoms with Gasteiger partial charge in [-0.05, 0) is 18.2 Å². The van der Waals surface area contributed by atoms with Crippen molar-refractivity contribution in [2.24, 2.45) is 0 Å². The molecule has 2 N–H and O–H groups in total. The van der Waals surface area contributed by atoms with E-state index < -0.39 is 22.8 Å². The Bertz CT molecular complexity index is 832. The maximum Gasteiger partial charge on any atom is 0.417 e. The summed E-state index contributed by atoms with van der Waals surface area (Å²) >= 11 is 5.56. The molecule has 1 heterocycles. The first kappa shape index (κ1) is 21.5. The van der Waals surface area contributed by atoms with Crippen LogP contribution < -0.4 is 20.4 Å². The molecule has 12 heteroatoms. The van der Waals surface area contributed by atoms with Crippen molar-refractivity contribution in [2.45, 2.75) is 12.7 Å². The van der Waals surface area contributed by atoms with Gasteiger partial charge in [0, 0.05) is 33.9 Å². The Kier molecular flexibility index (Phi) is 6.49. The fraction of sp³-hybridized carbons (Fsp3) is 0.375. The molecule has 152 valence electrons. The Hall–Kier alpha value is -2.82. The zero-order chi connectivity index (χ0) is 21.1. The summed E-state index contributed by atoms with van der Waals surface area (Å²) in [5, 5.41) is 4.38. The molecule has 2 aromatic rings. The van der Waals surface area contributed by atoms with E-state index in [0.717, 1.165) is 12.1 Å². The van der Waals surface area contributed by atoms with Crippen molar-refractivity contribution in [1.29, 1.82) is 0 Å². The number of halogens is 4. The Balaban J connectivity index is 2.09. The summed E-state index contributed by atoms with van der Waals surface area (Å²) in [7, 11) is 7.05. The third-order valence-corrected chi connectivity index (χ3v) is 3.72. The maximum absolute atomic E-state index is 12.9. The lowest BCUT2D eigenvalue weighted by Crippen LogP contribution is -2.30. The van der Waals surface area contributed by atoms with Gasteiger partial charge < -0.3 is 20.4 Å². The Morgan fingerprint density at radius 3 is 2.14 bits per heavy atom. The predicted octanol–water partition coefficient (Wildman–Crippen LogP) is 3.00. The van der Waals surface area contributed by atoms with E-state index in [4.69, 9.17) is 11.6 Å². The SMILES string of the molecule is CN(C)c1nc(CNC(=O)Nc2ccc(Cl)c(C(F)(F)F)c2)nc(N(C)C)n1. The van der Waals surface area contributed by atoms with Crippen LogP contribution in [0.15, 0.2) is 18.2 Å². The molecule has 1 aromatic carbocycles. The molecular weight excluding hydrogens is 399 g/mol. The summed E-state index contributed by atoms with van der Waals surface area (Å²) in [6.45, 7) is -0.0459. The summed E-state index contributed by atoms with van der Waals surface area (Å²) in [6, 6.07) is 2.39. The lowest BCUT2D eigenvalue weighted by molar-refractivity contribution is -0.137. The van der Waals surface area contributed by atoms with E-state index in [1.165, 1.54) is 6.07 Å². The molecule has 0 radical (unpaired) electrons. The van der Waals surface area contributed by atoms with Crippen molar-refractivity contribution < 1.29 is 18.0 Å². The smallest absolute Gasteiger partial charge is 0.347 e. The molecule has 0 bridgehead atoms. The monoisotopic (exact) mass is 417 g/mol. The minimum absolute atomic E-state index is 0.0459. The molecule has 2 amide bonds. The van der Waals surface area contributed by atoms with Crippen LogP contribution in [0.1, 0.15) is 11.4 Å². The van der Waals surface area contributed by atoms with Crippen molar-refractivity contribution in [3.63, 3.8) is 0 Å². The fourth-order valence-corrected chi connectivity index (χ4v) is 2.25. The quantitative estimate of drug-likeness (QED) is 0.777. The number of hydrogen-bond acceptors (Lipinski definition) is 6. The summed E-state index contributed by atoms with van der Waals surface area (Å²) in [5.74, 6) is 1.11. The second kappa shape index (κ2) is 8.46. The fourth-order valence-electron chi connectivity index (χ4n) is 2.03. The Morgan fingerprint density at radius 2 is 1.64 bits per heavy atom. The Labute approximate surface area is 164 Å². The number of amides is 2. The maximum atomic E-state index is 12.9. The number of rotatable bonds is 5. The van der Waals surface area contributed by atoms with Crippen LogP contribution in [0, 0.1) is 0 Å². The van der Waals surface area contributed by atoms with Crippen molar-refractivity contribution >= 4 is 35.2 Å². The Morgan fingerprint density at radius 1 is 1.07 bits per heavy atom. The van der Waals surface area contributed by atoms with Crippen LogP contribution in [-0.4, -0.2) is 49.2 Å². The number of carbonyl (C=O) groups excluding carboxylic acids is 1. The summed E-state index contributed by atoms with van der Waals surface area (Å²) in [5.41, 5.74) is -1.08. The van der Waals surface area contributed by atoms with E-state index in [9.17, 15) is 18.0 Å². The number of anilines is 3. The van der Waals surface area contributed by atoms with Crippen LogP contribution in [0.3, 0.4) is 0 Å². The number of carbonyl (C=O) groups is 1. The third kappa shape index (κ3) is 5.59. The van der Waals surface area contributed by atoms with Gasteiger partial charge in [0.2, 0.25) is 11.9 Å². The van der Waals surface area contributed by atoms with E-state index in [-0.39, 0.29) is 12.2 Å². The lowest BCUT2D eigenvalue weighted by atomic mass is 10.2. The van der Waals surface area contributed by atoms with Crippen molar-refractivity contribution in [3.8, 4) is 0 Å². The second-order valence-corrected chi connectivity index (χ2v) is 6.55. The normalized spacial score (nSPS) is 11.1.